The molecule has 0 atom stereocenters. The first-order valence-corrected chi connectivity index (χ1v) is 6.19. The first-order valence-electron chi connectivity index (χ1n) is 6.19. The van der Waals surface area contributed by atoms with Crippen LogP contribution in [-0.2, 0) is 4.74 Å². The maximum absolute atomic E-state index is 13.0. The second kappa shape index (κ2) is 4.85. The van der Waals surface area contributed by atoms with Crippen molar-refractivity contribution >= 4 is 6.09 Å². The highest BCUT2D eigenvalue weighted by molar-refractivity contribution is 5.70. The number of halogens is 3. The topological polar surface area (TPSA) is 41.6 Å². The molecule has 0 radical (unpaired) electrons. The average Bonchev–Trinajstić information content (AvgIpc) is 2.04. The molecule has 1 aliphatic rings. The lowest BCUT2D eigenvalue weighted by atomic mass is 9.88. The van der Waals surface area contributed by atoms with E-state index in [-0.39, 0.29) is 6.04 Å². The molecule has 1 amide bonds. The maximum Gasteiger partial charge on any atom is 0.410 e. The summed E-state index contributed by atoms with van der Waals surface area (Å²) in [4.78, 5) is 12.7. The lowest BCUT2D eigenvalue weighted by Crippen LogP contribution is -2.77. The number of nitrogens with zero attached hydrogens (tertiary/aromatic N) is 1. The van der Waals surface area contributed by atoms with Gasteiger partial charge in [0.05, 0.1) is 13.1 Å². The van der Waals surface area contributed by atoms with Gasteiger partial charge in [-0.05, 0) is 20.8 Å². The molecule has 1 saturated heterocycles. The molecular weight excluding hydrogens is 261 g/mol. The van der Waals surface area contributed by atoms with Crippen molar-refractivity contribution in [1.82, 2.24) is 10.2 Å². The Balaban J connectivity index is 2.68. The Morgan fingerprint density at radius 3 is 2.05 bits per heavy atom. The first kappa shape index (κ1) is 16.1. The third kappa shape index (κ3) is 3.75. The highest BCUT2D eigenvalue weighted by atomic mass is 19.4. The Hall–Kier alpha value is -0.980. The molecule has 7 heteroatoms. The number of amides is 1. The Kier molecular flexibility index (Phi) is 4.10. The lowest BCUT2D eigenvalue weighted by molar-refractivity contribution is -0.232. The smallest absolute Gasteiger partial charge is 0.410 e. The SMILES string of the molecule is CC(C)NC1(C(F)(F)F)CN(C(=O)OC(C)(C)C)C1. The number of carbonyl (C=O) groups is 1. The van der Waals surface area contributed by atoms with Crippen LogP contribution in [-0.4, -0.2) is 47.4 Å². The molecule has 0 unspecified atom stereocenters. The maximum atomic E-state index is 13.0. The standard InChI is InChI=1S/C12H21F3N2O2/c1-8(2)16-11(12(13,14)15)6-17(7-11)9(18)19-10(3,4)5/h8,16H,6-7H2,1-5H3. The van der Waals surface area contributed by atoms with Crippen LogP contribution in [0, 0.1) is 0 Å². The Morgan fingerprint density at radius 1 is 1.26 bits per heavy atom. The van der Waals surface area contributed by atoms with E-state index in [0.717, 1.165) is 4.90 Å². The largest absolute Gasteiger partial charge is 0.444 e. The number of carbonyl (C=O) groups excluding carboxylic acids is 1. The van der Waals surface area contributed by atoms with Crippen LogP contribution in [0.15, 0.2) is 0 Å². The van der Waals surface area contributed by atoms with E-state index in [9.17, 15) is 18.0 Å². The van der Waals surface area contributed by atoms with Crippen molar-refractivity contribution in [2.75, 3.05) is 13.1 Å². The summed E-state index contributed by atoms with van der Waals surface area (Å²) < 4.78 is 44.2. The Morgan fingerprint density at radius 2 is 1.74 bits per heavy atom. The molecule has 0 bridgehead atoms. The summed E-state index contributed by atoms with van der Waals surface area (Å²) >= 11 is 0. The molecule has 1 N–H and O–H groups in total. The van der Waals surface area contributed by atoms with Gasteiger partial charge < -0.3 is 9.64 Å². The molecule has 1 heterocycles. The van der Waals surface area contributed by atoms with Gasteiger partial charge in [-0.25, -0.2) is 4.79 Å². The van der Waals surface area contributed by atoms with Crippen molar-refractivity contribution in [1.29, 1.82) is 0 Å². The second-order valence-electron chi connectivity index (χ2n) is 6.22. The average molecular weight is 282 g/mol. The summed E-state index contributed by atoms with van der Waals surface area (Å²) in [7, 11) is 0. The number of hydrogen-bond acceptors (Lipinski definition) is 3. The minimum atomic E-state index is -4.39. The number of alkyl halides is 3. The van der Waals surface area contributed by atoms with E-state index >= 15 is 0 Å². The van der Waals surface area contributed by atoms with E-state index in [0.29, 0.717) is 0 Å². The van der Waals surface area contributed by atoms with Gasteiger partial charge in [0.2, 0.25) is 0 Å². The van der Waals surface area contributed by atoms with E-state index in [1.54, 1.807) is 34.6 Å². The molecule has 112 valence electrons. The van der Waals surface area contributed by atoms with Gasteiger partial charge in [0.1, 0.15) is 5.60 Å². The summed E-state index contributed by atoms with van der Waals surface area (Å²) in [5.74, 6) is 0. The van der Waals surface area contributed by atoms with E-state index in [4.69, 9.17) is 4.74 Å². The molecule has 0 spiro atoms. The molecule has 0 aromatic rings. The van der Waals surface area contributed by atoms with Crippen molar-refractivity contribution < 1.29 is 22.7 Å². The summed E-state index contributed by atoms with van der Waals surface area (Å²) in [5.41, 5.74) is -2.73. The van der Waals surface area contributed by atoms with E-state index < -0.39 is 36.5 Å². The summed E-state index contributed by atoms with van der Waals surface area (Å²) in [6.07, 6.45) is -5.10. The van der Waals surface area contributed by atoms with Gasteiger partial charge in [0, 0.05) is 6.04 Å². The molecule has 0 saturated carbocycles. The second-order valence-corrected chi connectivity index (χ2v) is 6.22. The summed E-state index contributed by atoms with van der Waals surface area (Å²) in [6, 6.07) is -0.317. The number of likely N-dealkylation sites (tertiary alicyclic amines) is 1. The number of nitrogens with one attached hydrogen (secondary N) is 1. The molecule has 1 fully saturated rings. The fourth-order valence-electron chi connectivity index (χ4n) is 1.97. The van der Waals surface area contributed by atoms with Crippen LogP contribution in [0.5, 0.6) is 0 Å². The minimum Gasteiger partial charge on any atom is -0.444 e. The van der Waals surface area contributed by atoms with E-state index in [1.165, 1.54) is 0 Å². The predicted molar refractivity (Wildman–Crippen MR) is 64.9 cm³/mol. The normalized spacial score (nSPS) is 19.3. The van der Waals surface area contributed by atoms with Crippen molar-refractivity contribution in [2.24, 2.45) is 0 Å². The van der Waals surface area contributed by atoms with Crippen molar-refractivity contribution in [3.05, 3.63) is 0 Å². The number of rotatable bonds is 2. The fraction of sp³-hybridized carbons (Fsp3) is 0.917. The fourth-order valence-corrected chi connectivity index (χ4v) is 1.97. The molecule has 1 aliphatic heterocycles. The van der Waals surface area contributed by atoms with Crippen LogP contribution in [0.3, 0.4) is 0 Å². The number of hydrogen-bond donors (Lipinski definition) is 1. The molecular formula is C12H21F3N2O2. The van der Waals surface area contributed by atoms with Crippen LogP contribution < -0.4 is 5.32 Å². The van der Waals surface area contributed by atoms with Crippen LogP contribution in [0.2, 0.25) is 0 Å². The Bertz CT molecular complexity index is 342. The highest BCUT2D eigenvalue weighted by Crippen LogP contribution is 2.38. The highest BCUT2D eigenvalue weighted by Gasteiger charge is 2.63. The van der Waals surface area contributed by atoms with Gasteiger partial charge in [-0.15, -0.1) is 0 Å². The van der Waals surface area contributed by atoms with Crippen LogP contribution in [0.4, 0.5) is 18.0 Å². The molecule has 0 aromatic carbocycles. The van der Waals surface area contributed by atoms with Gasteiger partial charge in [0.25, 0.3) is 0 Å². The molecule has 4 nitrogen and oxygen atoms in total. The molecule has 1 rings (SSSR count). The predicted octanol–water partition coefficient (Wildman–Crippen LogP) is 2.54. The molecule has 19 heavy (non-hydrogen) atoms. The minimum absolute atomic E-state index is 0.317. The van der Waals surface area contributed by atoms with Crippen molar-refractivity contribution in [2.45, 2.75) is 58.0 Å². The van der Waals surface area contributed by atoms with Crippen molar-refractivity contribution in [3.8, 4) is 0 Å². The zero-order valence-corrected chi connectivity index (χ0v) is 11.9. The van der Waals surface area contributed by atoms with Gasteiger partial charge in [-0.3, -0.25) is 5.32 Å². The molecule has 0 aromatic heterocycles. The van der Waals surface area contributed by atoms with Gasteiger partial charge in [0.15, 0.2) is 5.54 Å². The number of ether oxygens (including phenoxy) is 1. The van der Waals surface area contributed by atoms with Crippen molar-refractivity contribution in [3.63, 3.8) is 0 Å². The van der Waals surface area contributed by atoms with Gasteiger partial charge in [-0.1, -0.05) is 13.8 Å². The summed E-state index contributed by atoms with van der Waals surface area (Å²) in [5, 5.41) is 2.51. The zero-order chi connectivity index (χ0) is 15.1. The van der Waals surface area contributed by atoms with Gasteiger partial charge in [-0.2, -0.15) is 13.2 Å². The van der Waals surface area contributed by atoms with Crippen LogP contribution in [0.1, 0.15) is 34.6 Å². The van der Waals surface area contributed by atoms with Crippen LogP contribution in [0.25, 0.3) is 0 Å². The molecule has 0 aliphatic carbocycles. The lowest BCUT2D eigenvalue weighted by Gasteiger charge is -2.51. The van der Waals surface area contributed by atoms with Gasteiger partial charge >= 0.3 is 12.3 Å². The quantitative estimate of drug-likeness (QED) is 0.846. The monoisotopic (exact) mass is 282 g/mol. The Labute approximate surface area is 111 Å². The zero-order valence-electron chi connectivity index (χ0n) is 11.9. The van der Waals surface area contributed by atoms with Crippen LogP contribution >= 0.6 is 0 Å². The third-order valence-corrected chi connectivity index (χ3v) is 2.68. The van der Waals surface area contributed by atoms with E-state index in [2.05, 4.69) is 5.32 Å². The van der Waals surface area contributed by atoms with E-state index in [1.807, 2.05) is 0 Å². The third-order valence-electron chi connectivity index (χ3n) is 2.68. The summed E-state index contributed by atoms with van der Waals surface area (Å²) in [6.45, 7) is 7.48. The first-order chi connectivity index (χ1) is 8.36.